The predicted molar refractivity (Wildman–Crippen MR) is 117 cm³/mol. The van der Waals surface area contributed by atoms with Gasteiger partial charge in [0, 0.05) is 25.5 Å². The second kappa shape index (κ2) is 11.6. The summed E-state index contributed by atoms with van der Waals surface area (Å²) >= 11 is 5.61. The van der Waals surface area contributed by atoms with Gasteiger partial charge in [-0.15, -0.1) is 0 Å². The molecule has 0 bridgehead atoms. The number of benzene rings is 2. The minimum Gasteiger partial charge on any atom is -0.479 e. The van der Waals surface area contributed by atoms with Crippen molar-refractivity contribution >= 4 is 23.2 Å². The smallest absolute Gasteiger partial charge is 0.333 e. The average molecular weight is 400 g/mol. The topological polar surface area (TPSA) is 58.6 Å². The van der Waals surface area contributed by atoms with Gasteiger partial charge in [0.05, 0.1) is 4.99 Å². The van der Waals surface area contributed by atoms with E-state index in [1.807, 2.05) is 30.3 Å². The van der Waals surface area contributed by atoms with Crippen molar-refractivity contribution in [1.82, 2.24) is 5.32 Å². The van der Waals surface area contributed by atoms with E-state index in [0.29, 0.717) is 13.0 Å². The van der Waals surface area contributed by atoms with Crippen molar-refractivity contribution in [3.05, 3.63) is 71.3 Å². The number of carboxylic acids is 1. The molecule has 0 radical (unpaired) electrons. The van der Waals surface area contributed by atoms with E-state index in [4.69, 9.17) is 17.0 Å². The van der Waals surface area contributed by atoms with Gasteiger partial charge in [0.25, 0.3) is 0 Å². The van der Waals surface area contributed by atoms with Gasteiger partial charge in [0.1, 0.15) is 0 Å². The van der Waals surface area contributed by atoms with Crippen LogP contribution in [-0.4, -0.2) is 35.3 Å². The molecule has 0 spiro atoms. The molecule has 0 aliphatic carbocycles. The molecule has 5 heteroatoms. The summed E-state index contributed by atoms with van der Waals surface area (Å²) in [4.78, 5) is 12.1. The monoisotopic (exact) mass is 399 g/mol. The standard InChI is InChI=1S/C23H29NO3S/c1-3-24-22(28)20(19-8-6-5-7-9-19)15-14-17-10-12-18(13-11-17)16-21(23(25)26)27-4-2/h5-13,20-21H,3-4,14-16H2,1-2H3,(H,24,28)(H,25,26)/t20-,21-/m0/s1. The van der Waals surface area contributed by atoms with Crippen LogP contribution in [0.25, 0.3) is 0 Å². The van der Waals surface area contributed by atoms with Crippen LogP contribution in [0.15, 0.2) is 54.6 Å². The first kappa shape index (κ1) is 22.1. The summed E-state index contributed by atoms with van der Waals surface area (Å²) in [6.45, 7) is 5.07. The highest BCUT2D eigenvalue weighted by Gasteiger charge is 2.18. The van der Waals surface area contributed by atoms with Gasteiger partial charge in [0.2, 0.25) is 0 Å². The minimum atomic E-state index is -0.923. The van der Waals surface area contributed by atoms with Gasteiger partial charge in [-0.3, -0.25) is 0 Å². The Morgan fingerprint density at radius 3 is 2.29 bits per heavy atom. The number of hydrogen-bond acceptors (Lipinski definition) is 3. The highest BCUT2D eigenvalue weighted by molar-refractivity contribution is 7.80. The van der Waals surface area contributed by atoms with Gasteiger partial charge >= 0.3 is 5.97 Å². The molecule has 0 aliphatic heterocycles. The normalized spacial score (nSPS) is 12.9. The number of carbonyl (C=O) groups is 1. The summed E-state index contributed by atoms with van der Waals surface area (Å²) in [5, 5.41) is 12.5. The van der Waals surface area contributed by atoms with E-state index in [2.05, 4.69) is 36.5 Å². The van der Waals surface area contributed by atoms with Gasteiger partial charge in [0.15, 0.2) is 6.10 Å². The third-order valence-corrected chi connectivity index (χ3v) is 5.11. The lowest BCUT2D eigenvalue weighted by atomic mass is 9.91. The molecular formula is C23H29NO3S. The second-order valence-corrected chi connectivity index (χ2v) is 7.14. The van der Waals surface area contributed by atoms with E-state index < -0.39 is 12.1 Å². The Balaban J connectivity index is 2.01. The van der Waals surface area contributed by atoms with Crippen LogP contribution in [0.4, 0.5) is 0 Å². The number of carboxylic acid groups (broad SMARTS) is 1. The van der Waals surface area contributed by atoms with Crippen LogP contribution in [0, 0.1) is 0 Å². The lowest BCUT2D eigenvalue weighted by Gasteiger charge is -2.19. The number of ether oxygens (including phenoxy) is 1. The zero-order chi connectivity index (χ0) is 20.4. The number of likely N-dealkylation sites (N-methyl/N-ethyl adjacent to an activating group) is 1. The zero-order valence-corrected chi connectivity index (χ0v) is 17.4. The molecule has 2 aromatic carbocycles. The zero-order valence-electron chi connectivity index (χ0n) is 16.6. The van der Waals surface area contributed by atoms with Crippen molar-refractivity contribution in [3.8, 4) is 0 Å². The van der Waals surface area contributed by atoms with E-state index >= 15 is 0 Å². The van der Waals surface area contributed by atoms with Crippen molar-refractivity contribution in [2.75, 3.05) is 13.2 Å². The molecular weight excluding hydrogens is 370 g/mol. The Morgan fingerprint density at radius 2 is 1.71 bits per heavy atom. The Hall–Kier alpha value is -2.24. The van der Waals surface area contributed by atoms with Crippen LogP contribution in [0.2, 0.25) is 0 Å². The molecule has 4 nitrogen and oxygen atoms in total. The summed E-state index contributed by atoms with van der Waals surface area (Å²) in [5.74, 6) is -0.737. The molecule has 0 amide bonds. The van der Waals surface area contributed by atoms with Crippen molar-refractivity contribution < 1.29 is 14.6 Å². The molecule has 0 unspecified atom stereocenters. The van der Waals surface area contributed by atoms with Crippen molar-refractivity contribution in [1.29, 1.82) is 0 Å². The highest BCUT2D eigenvalue weighted by Crippen LogP contribution is 2.23. The molecule has 0 saturated heterocycles. The maximum absolute atomic E-state index is 11.2. The molecule has 2 rings (SSSR count). The van der Waals surface area contributed by atoms with E-state index in [9.17, 15) is 9.90 Å². The van der Waals surface area contributed by atoms with Crippen LogP contribution in [0.5, 0.6) is 0 Å². The van der Waals surface area contributed by atoms with Crippen molar-refractivity contribution in [2.45, 2.75) is 45.1 Å². The number of hydrogen-bond donors (Lipinski definition) is 2. The van der Waals surface area contributed by atoms with Crippen LogP contribution in [-0.2, 0) is 22.4 Å². The summed E-state index contributed by atoms with van der Waals surface area (Å²) in [6.07, 6.45) is 1.40. The summed E-state index contributed by atoms with van der Waals surface area (Å²) < 4.78 is 5.29. The fraction of sp³-hybridized carbons (Fsp3) is 0.391. The van der Waals surface area contributed by atoms with E-state index in [-0.39, 0.29) is 5.92 Å². The lowest BCUT2D eigenvalue weighted by molar-refractivity contribution is -0.149. The summed E-state index contributed by atoms with van der Waals surface area (Å²) in [6, 6.07) is 18.5. The number of rotatable bonds is 11. The van der Waals surface area contributed by atoms with Crippen LogP contribution < -0.4 is 5.32 Å². The first-order valence-corrected chi connectivity index (χ1v) is 10.2. The Kier molecular flexibility index (Phi) is 9.11. The number of nitrogens with one attached hydrogen (secondary N) is 1. The predicted octanol–water partition coefficient (Wildman–Crippen LogP) is 4.37. The number of aryl methyl sites for hydroxylation is 1. The molecule has 0 saturated carbocycles. The van der Waals surface area contributed by atoms with Gasteiger partial charge in [-0.25, -0.2) is 4.79 Å². The Morgan fingerprint density at radius 1 is 1.07 bits per heavy atom. The Labute approximate surface area is 172 Å². The highest BCUT2D eigenvalue weighted by atomic mass is 32.1. The average Bonchev–Trinajstić information content (AvgIpc) is 2.70. The third kappa shape index (κ3) is 6.73. The maximum Gasteiger partial charge on any atom is 0.333 e. The minimum absolute atomic E-state index is 0.185. The fourth-order valence-electron chi connectivity index (χ4n) is 3.22. The van der Waals surface area contributed by atoms with Gasteiger partial charge < -0.3 is 15.2 Å². The lowest BCUT2D eigenvalue weighted by Crippen LogP contribution is -2.27. The first-order valence-electron chi connectivity index (χ1n) is 9.80. The quantitative estimate of drug-likeness (QED) is 0.550. The molecule has 0 aromatic heterocycles. The second-order valence-electron chi connectivity index (χ2n) is 6.70. The van der Waals surface area contributed by atoms with E-state index in [1.165, 1.54) is 11.1 Å². The molecule has 2 aromatic rings. The van der Waals surface area contributed by atoms with Crippen molar-refractivity contribution in [3.63, 3.8) is 0 Å². The molecule has 2 atom stereocenters. The fourth-order valence-corrected chi connectivity index (χ4v) is 3.62. The van der Waals surface area contributed by atoms with Gasteiger partial charge in [-0.05, 0) is 43.4 Å². The summed E-state index contributed by atoms with van der Waals surface area (Å²) in [5.41, 5.74) is 3.41. The third-order valence-electron chi connectivity index (χ3n) is 4.68. The number of aliphatic carboxylic acids is 1. The molecule has 0 fully saturated rings. The van der Waals surface area contributed by atoms with Gasteiger partial charge in [-0.2, -0.15) is 0 Å². The van der Waals surface area contributed by atoms with Gasteiger partial charge in [-0.1, -0.05) is 66.8 Å². The summed E-state index contributed by atoms with van der Waals surface area (Å²) in [7, 11) is 0. The molecule has 150 valence electrons. The Bertz CT molecular complexity index is 746. The largest absolute Gasteiger partial charge is 0.479 e. The number of thiocarbonyl (C=S) groups is 1. The van der Waals surface area contributed by atoms with E-state index in [1.54, 1.807) is 6.92 Å². The maximum atomic E-state index is 11.2. The molecule has 0 aliphatic rings. The first-order chi connectivity index (χ1) is 13.5. The van der Waals surface area contributed by atoms with Crippen molar-refractivity contribution in [2.24, 2.45) is 0 Å². The van der Waals surface area contributed by atoms with Crippen LogP contribution in [0.1, 0.15) is 42.9 Å². The van der Waals surface area contributed by atoms with Crippen LogP contribution >= 0.6 is 12.2 Å². The molecule has 2 N–H and O–H groups in total. The van der Waals surface area contributed by atoms with E-state index in [0.717, 1.165) is 29.9 Å². The molecule has 0 heterocycles. The SMILES string of the molecule is CCNC(=S)[C@@H](CCc1ccc(C[C@H](OCC)C(=O)O)cc1)c1ccccc1. The van der Waals surface area contributed by atoms with Crippen LogP contribution in [0.3, 0.4) is 0 Å². The molecule has 28 heavy (non-hydrogen) atoms.